The third-order valence-electron chi connectivity index (χ3n) is 3.41. The number of carbonyl (C=O) groups excluding carboxylic acids is 1. The van der Waals surface area contributed by atoms with Gasteiger partial charge in [-0.1, -0.05) is 19.8 Å². The van der Waals surface area contributed by atoms with Gasteiger partial charge in [0.2, 0.25) is 0 Å². The summed E-state index contributed by atoms with van der Waals surface area (Å²) in [6, 6.07) is 1.80. The molecule has 0 radical (unpaired) electrons. The van der Waals surface area contributed by atoms with Crippen LogP contribution in [0, 0.1) is 0 Å². The van der Waals surface area contributed by atoms with Gasteiger partial charge in [-0.3, -0.25) is 5.32 Å². The van der Waals surface area contributed by atoms with Gasteiger partial charge in [0.1, 0.15) is 11.2 Å². The van der Waals surface area contributed by atoms with Gasteiger partial charge in [-0.25, -0.2) is 19.1 Å². The van der Waals surface area contributed by atoms with Crippen molar-refractivity contribution in [3.05, 3.63) is 23.5 Å². The van der Waals surface area contributed by atoms with Gasteiger partial charge in [-0.2, -0.15) is 0 Å². The number of nitrogens with one attached hydrogen (secondary N) is 1. The van der Waals surface area contributed by atoms with E-state index in [9.17, 15) is 14.7 Å². The van der Waals surface area contributed by atoms with Gasteiger partial charge in [-0.15, -0.1) is 5.10 Å². The minimum Gasteiger partial charge on any atom is -0.477 e. The molecule has 0 bridgehead atoms. The summed E-state index contributed by atoms with van der Waals surface area (Å²) in [4.78, 5) is 28.0. The maximum atomic E-state index is 11.9. The topological polar surface area (TPSA) is 106 Å². The molecule has 2 heterocycles. The molecule has 2 rings (SSSR count). The van der Waals surface area contributed by atoms with Crippen LogP contribution in [0.2, 0.25) is 0 Å². The van der Waals surface area contributed by atoms with Gasteiger partial charge in [0.25, 0.3) is 0 Å². The summed E-state index contributed by atoms with van der Waals surface area (Å²) >= 11 is 0. The van der Waals surface area contributed by atoms with Crippen molar-refractivity contribution >= 4 is 23.5 Å². The van der Waals surface area contributed by atoms with E-state index in [-0.39, 0.29) is 17.0 Å². The number of aryl methyl sites for hydroxylation is 1. The van der Waals surface area contributed by atoms with Gasteiger partial charge in [0.15, 0.2) is 11.5 Å². The SMILES string of the molecule is CCCCCc1ccn2nc(NC(=O)OC(C)(C)C)c(C(=O)O)c2n1. The Morgan fingerprint density at radius 1 is 1.32 bits per heavy atom. The fourth-order valence-electron chi connectivity index (χ4n) is 2.35. The molecule has 0 aromatic carbocycles. The molecule has 2 aromatic rings. The Bertz CT molecular complexity index is 777. The summed E-state index contributed by atoms with van der Waals surface area (Å²) < 4.78 is 6.50. The van der Waals surface area contributed by atoms with E-state index in [1.165, 1.54) is 4.52 Å². The Hall–Kier alpha value is -2.64. The maximum Gasteiger partial charge on any atom is 0.413 e. The average molecular weight is 348 g/mol. The van der Waals surface area contributed by atoms with E-state index in [1.54, 1.807) is 33.0 Å². The zero-order chi connectivity index (χ0) is 18.6. The molecule has 0 aliphatic carbocycles. The highest BCUT2D eigenvalue weighted by molar-refractivity contribution is 6.02. The third-order valence-corrected chi connectivity index (χ3v) is 3.41. The summed E-state index contributed by atoms with van der Waals surface area (Å²) in [6.45, 7) is 7.28. The molecule has 25 heavy (non-hydrogen) atoms. The molecule has 2 N–H and O–H groups in total. The van der Waals surface area contributed by atoms with E-state index in [4.69, 9.17) is 4.74 Å². The van der Waals surface area contributed by atoms with Crippen molar-refractivity contribution < 1.29 is 19.4 Å². The molecule has 0 spiro atoms. The van der Waals surface area contributed by atoms with Crippen molar-refractivity contribution in [1.29, 1.82) is 0 Å². The van der Waals surface area contributed by atoms with Crippen LogP contribution in [-0.4, -0.2) is 37.4 Å². The lowest BCUT2D eigenvalue weighted by atomic mass is 10.1. The lowest BCUT2D eigenvalue weighted by Crippen LogP contribution is -2.27. The highest BCUT2D eigenvalue weighted by Crippen LogP contribution is 2.21. The Balaban J connectivity index is 2.32. The van der Waals surface area contributed by atoms with Gasteiger partial charge >= 0.3 is 12.1 Å². The van der Waals surface area contributed by atoms with Crippen molar-refractivity contribution in [2.75, 3.05) is 5.32 Å². The fraction of sp³-hybridized carbons (Fsp3) is 0.529. The number of anilines is 1. The number of unbranched alkanes of at least 4 members (excludes halogenated alkanes) is 2. The number of amides is 1. The van der Waals surface area contributed by atoms with Crippen molar-refractivity contribution in [3.8, 4) is 0 Å². The molecule has 136 valence electrons. The van der Waals surface area contributed by atoms with Crippen LogP contribution in [0.4, 0.5) is 10.6 Å². The number of rotatable bonds is 6. The Morgan fingerprint density at radius 3 is 2.64 bits per heavy atom. The molecular weight excluding hydrogens is 324 g/mol. The summed E-state index contributed by atoms with van der Waals surface area (Å²) in [5, 5.41) is 16.0. The van der Waals surface area contributed by atoms with E-state index < -0.39 is 17.7 Å². The number of carboxylic acid groups (broad SMARTS) is 1. The lowest BCUT2D eigenvalue weighted by Gasteiger charge is -2.19. The zero-order valence-electron chi connectivity index (χ0n) is 15.0. The van der Waals surface area contributed by atoms with Crippen molar-refractivity contribution in [2.24, 2.45) is 0 Å². The Morgan fingerprint density at radius 2 is 2.04 bits per heavy atom. The van der Waals surface area contributed by atoms with Gasteiger partial charge < -0.3 is 9.84 Å². The zero-order valence-corrected chi connectivity index (χ0v) is 15.0. The minimum absolute atomic E-state index is 0.0834. The first-order chi connectivity index (χ1) is 11.7. The number of fused-ring (bicyclic) bond motifs is 1. The maximum absolute atomic E-state index is 11.9. The van der Waals surface area contributed by atoms with Crippen LogP contribution < -0.4 is 5.32 Å². The molecule has 8 nitrogen and oxygen atoms in total. The van der Waals surface area contributed by atoms with Gasteiger partial charge in [-0.05, 0) is 39.7 Å². The predicted molar refractivity (Wildman–Crippen MR) is 93.0 cm³/mol. The standard InChI is InChI=1S/C17H24N4O4/c1-5-6-7-8-11-9-10-21-14(18-11)12(15(22)23)13(20-21)19-16(24)25-17(2,3)4/h9-10H,5-8H2,1-4H3,(H,22,23)(H,19,20,24). The summed E-state index contributed by atoms with van der Waals surface area (Å²) in [7, 11) is 0. The second kappa shape index (κ2) is 7.50. The largest absolute Gasteiger partial charge is 0.477 e. The second-order valence-electron chi connectivity index (χ2n) is 6.80. The number of hydrogen-bond acceptors (Lipinski definition) is 5. The fourth-order valence-corrected chi connectivity index (χ4v) is 2.35. The number of carbonyl (C=O) groups is 2. The van der Waals surface area contributed by atoms with E-state index in [0.717, 1.165) is 31.4 Å². The second-order valence-corrected chi connectivity index (χ2v) is 6.80. The number of aromatic carboxylic acids is 1. The minimum atomic E-state index is -1.21. The number of ether oxygens (including phenoxy) is 1. The molecule has 0 aliphatic heterocycles. The Labute approximate surface area is 146 Å². The molecule has 2 aromatic heterocycles. The summed E-state index contributed by atoms with van der Waals surface area (Å²) in [6.07, 6.45) is 4.82. The number of hydrogen-bond donors (Lipinski definition) is 2. The molecule has 8 heteroatoms. The lowest BCUT2D eigenvalue weighted by molar-refractivity contribution is 0.0635. The number of nitrogens with zero attached hydrogens (tertiary/aromatic N) is 3. The van der Waals surface area contributed by atoms with Crippen LogP contribution in [0.3, 0.4) is 0 Å². The monoisotopic (exact) mass is 348 g/mol. The van der Waals surface area contributed by atoms with Crippen LogP contribution in [0.1, 0.15) is 63.0 Å². The third kappa shape index (κ3) is 4.91. The van der Waals surface area contributed by atoms with Gasteiger partial charge in [0, 0.05) is 11.9 Å². The molecule has 0 saturated heterocycles. The smallest absolute Gasteiger partial charge is 0.413 e. The molecular formula is C17H24N4O4. The molecule has 0 unspecified atom stereocenters. The van der Waals surface area contributed by atoms with Gasteiger partial charge in [0.05, 0.1) is 0 Å². The average Bonchev–Trinajstić information content (AvgIpc) is 2.82. The van der Waals surface area contributed by atoms with E-state index >= 15 is 0 Å². The molecule has 0 aliphatic rings. The number of aromatic nitrogens is 3. The predicted octanol–water partition coefficient (Wildman–Crippen LogP) is 3.51. The van der Waals surface area contributed by atoms with Crippen LogP contribution in [0.25, 0.3) is 5.65 Å². The van der Waals surface area contributed by atoms with E-state index in [2.05, 4.69) is 22.3 Å². The first-order valence-electron chi connectivity index (χ1n) is 8.33. The molecule has 0 atom stereocenters. The molecule has 0 fully saturated rings. The van der Waals surface area contributed by atoms with Crippen molar-refractivity contribution in [3.63, 3.8) is 0 Å². The molecule has 0 saturated carbocycles. The van der Waals surface area contributed by atoms with E-state index in [0.29, 0.717) is 0 Å². The quantitative estimate of drug-likeness (QED) is 0.774. The highest BCUT2D eigenvalue weighted by Gasteiger charge is 2.24. The highest BCUT2D eigenvalue weighted by atomic mass is 16.6. The normalized spacial score (nSPS) is 11.5. The summed E-state index contributed by atoms with van der Waals surface area (Å²) in [5.41, 5.74) is 0.153. The van der Waals surface area contributed by atoms with Crippen LogP contribution in [0.5, 0.6) is 0 Å². The van der Waals surface area contributed by atoms with E-state index in [1.807, 2.05) is 0 Å². The van der Waals surface area contributed by atoms with Crippen molar-refractivity contribution in [1.82, 2.24) is 14.6 Å². The number of carboxylic acids is 1. The first kappa shape index (κ1) is 18.7. The Kier molecular flexibility index (Phi) is 5.61. The summed E-state index contributed by atoms with van der Waals surface area (Å²) in [5.74, 6) is -1.29. The van der Waals surface area contributed by atoms with Crippen LogP contribution in [-0.2, 0) is 11.2 Å². The van der Waals surface area contributed by atoms with Crippen molar-refractivity contribution in [2.45, 2.75) is 59.0 Å². The van der Waals surface area contributed by atoms with Crippen LogP contribution in [0.15, 0.2) is 12.3 Å². The van der Waals surface area contributed by atoms with Crippen LogP contribution >= 0.6 is 0 Å². The molecule has 1 amide bonds. The first-order valence-corrected chi connectivity index (χ1v) is 8.33.